The fourth-order valence-electron chi connectivity index (χ4n) is 2.44. The zero-order valence-electron chi connectivity index (χ0n) is 12.4. The lowest BCUT2D eigenvalue weighted by atomic mass is 10.1. The molecule has 2 atom stereocenters. The molecule has 1 aliphatic rings. The van der Waals surface area contributed by atoms with Gasteiger partial charge in [-0.3, -0.25) is 14.9 Å². The largest absolute Gasteiger partial charge is 0.469 e. The second kappa shape index (κ2) is 7.48. The molecule has 5 nitrogen and oxygen atoms in total. The van der Waals surface area contributed by atoms with Gasteiger partial charge < -0.3 is 9.64 Å². The van der Waals surface area contributed by atoms with E-state index in [0.29, 0.717) is 12.5 Å². The van der Waals surface area contributed by atoms with Gasteiger partial charge in [0.1, 0.15) is 0 Å². The minimum Gasteiger partial charge on any atom is -0.469 e. The number of esters is 1. The van der Waals surface area contributed by atoms with Crippen molar-refractivity contribution in [2.75, 3.05) is 13.7 Å². The van der Waals surface area contributed by atoms with Crippen LogP contribution in [-0.2, 0) is 14.3 Å². The van der Waals surface area contributed by atoms with E-state index in [0.717, 1.165) is 19.3 Å². The van der Waals surface area contributed by atoms with Crippen LogP contribution in [-0.4, -0.2) is 42.6 Å². The second-order valence-corrected chi connectivity index (χ2v) is 5.41. The number of amides is 1. The fraction of sp³-hybridized carbons (Fsp3) is 0.857. The first-order chi connectivity index (χ1) is 9.01. The smallest absolute Gasteiger partial charge is 0.307 e. The van der Waals surface area contributed by atoms with Crippen LogP contribution in [0, 0.1) is 5.92 Å². The van der Waals surface area contributed by atoms with Gasteiger partial charge >= 0.3 is 5.97 Å². The van der Waals surface area contributed by atoms with Crippen LogP contribution in [0.25, 0.3) is 0 Å². The Morgan fingerprint density at radius 2 is 2.16 bits per heavy atom. The summed E-state index contributed by atoms with van der Waals surface area (Å²) < 4.78 is 4.64. The van der Waals surface area contributed by atoms with E-state index in [-0.39, 0.29) is 30.5 Å². The molecule has 1 aliphatic heterocycles. The third-order valence-corrected chi connectivity index (χ3v) is 3.55. The number of ether oxygens (including phenoxy) is 1. The lowest BCUT2D eigenvalue weighted by molar-refractivity contribution is -0.141. The number of unbranched alkanes of at least 4 members (excludes halogenated alkanes) is 1. The molecule has 1 heterocycles. The van der Waals surface area contributed by atoms with Crippen LogP contribution in [0.3, 0.4) is 0 Å². The molecule has 0 radical (unpaired) electrons. The Balaban J connectivity index is 2.63. The Bertz CT molecular complexity index is 318. The number of nitrogens with zero attached hydrogens (tertiary/aromatic N) is 1. The second-order valence-electron chi connectivity index (χ2n) is 5.41. The van der Waals surface area contributed by atoms with E-state index in [1.165, 1.54) is 7.11 Å². The van der Waals surface area contributed by atoms with Crippen molar-refractivity contribution in [3.8, 4) is 0 Å². The maximum atomic E-state index is 12.3. The normalized spacial score (nSPS) is 23.2. The number of hydrogen-bond acceptors (Lipinski definition) is 4. The molecule has 1 fully saturated rings. The van der Waals surface area contributed by atoms with Gasteiger partial charge in [-0.2, -0.15) is 0 Å². The van der Waals surface area contributed by atoms with Crippen molar-refractivity contribution in [3.05, 3.63) is 0 Å². The maximum Gasteiger partial charge on any atom is 0.307 e. The monoisotopic (exact) mass is 270 g/mol. The van der Waals surface area contributed by atoms with Crippen molar-refractivity contribution in [2.45, 2.75) is 58.7 Å². The molecule has 0 aromatic carbocycles. The van der Waals surface area contributed by atoms with Gasteiger partial charge in [0.25, 0.3) is 0 Å². The number of nitrogens with one attached hydrogen (secondary N) is 1. The lowest BCUT2D eigenvalue weighted by Gasteiger charge is -2.26. The van der Waals surface area contributed by atoms with Crippen LogP contribution in [0.2, 0.25) is 0 Å². The van der Waals surface area contributed by atoms with E-state index in [1.807, 2.05) is 0 Å². The molecule has 0 bridgehead atoms. The summed E-state index contributed by atoms with van der Waals surface area (Å²) in [5.41, 5.74) is 0. The van der Waals surface area contributed by atoms with Gasteiger partial charge in [0, 0.05) is 6.54 Å². The highest BCUT2D eigenvalue weighted by atomic mass is 16.5. The minimum absolute atomic E-state index is 0.0269. The zero-order valence-corrected chi connectivity index (χ0v) is 12.4. The first-order valence-electron chi connectivity index (χ1n) is 7.14. The zero-order chi connectivity index (χ0) is 14.4. The van der Waals surface area contributed by atoms with Gasteiger partial charge in [0.05, 0.1) is 25.7 Å². The Hall–Kier alpha value is -1.10. The molecule has 0 aliphatic carbocycles. The van der Waals surface area contributed by atoms with Crippen LogP contribution >= 0.6 is 0 Å². The summed E-state index contributed by atoms with van der Waals surface area (Å²) >= 11 is 0. The highest BCUT2D eigenvalue weighted by molar-refractivity contribution is 5.84. The summed E-state index contributed by atoms with van der Waals surface area (Å²) in [5, 5.41) is 3.39. The Morgan fingerprint density at radius 1 is 1.47 bits per heavy atom. The molecule has 2 unspecified atom stereocenters. The van der Waals surface area contributed by atoms with Gasteiger partial charge in [0.2, 0.25) is 5.91 Å². The van der Waals surface area contributed by atoms with E-state index in [2.05, 4.69) is 30.8 Å². The summed E-state index contributed by atoms with van der Waals surface area (Å²) in [7, 11) is 1.37. The van der Waals surface area contributed by atoms with Gasteiger partial charge in [-0.05, 0) is 12.3 Å². The highest BCUT2D eigenvalue weighted by Crippen LogP contribution is 2.20. The number of rotatable bonds is 7. The first-order valence-corrected chi connectivity index (χ1v) is 7.14. The van der Waals surface area contributed by atoms with E-state index < -0.39 is 0 Å². The predicted octanol–water partition coefficient (Wildman–Crippen LogP) is 1.52. The predicted molar refractivity (Wildman–Crippen MR) is 73.4 cm³/mol. The lowest BCUT2D eigenvalue weighted by Crippen LogP contribution is -2.42. The summed E-state index contributed by atoms with van der Waals surface area (Å²) in [4.78, 5) is 25.4. The van der Waals surface area contributed by atoms with Gasteiger partial charge in [0.15, 0.2) is 0 Å². The van der Waals surface area contributed by atoms with Gasteiger partial charge in [-0.1, -0.05) is 33.6 Å². The molecule has 0 saturated carbocycles. The molecule has 5 heteroatoms. The summed E-state index contributed by atoms with van der Waals surface area (Å²) in [5.74, 6) is 0.177. The van der Waals surface area contributed by atoms with Crippen LogP contribution in [0.1, 0.15) is 46.5 Å². The molecular formula is C14H26N2O3. The average molecular weight is 270 g/mol. The molecule has 1 saturated heterocycles. The van der Waals surface area contributed by atoms with Crippen molar-refractivity contribution >= 4 is 11.9 Å². The molecule has 0 spiro atoms. The third kappa shape index (κ3) is 4.20. The molecule has 0 aromatic rings. The molecule has 1 rings (SSSR count). The van der Waals surface area contributed by atoms with Crippen LogP contribution < -0.4 is 5.32 Å². The topological polar surface area (TPSA) is 58.6 Å². The SMILES string of the molecule is CCCCC1NC(C(C)C)N(CCC(=O)OC)C1=O. The molecule has 110 valence electrons. The number of carbonyl (C=O) groups excluding carboxylic acids is 2. The highest BCUT2D eigenvalue weighted by Gasteiger charge is 2.39. The number of methoxy groups -OCH3 is 1. The maximum absolute atomic E-state index is 12.3. The van der Waals surface area contributed by atoms with Crippen molar-refractivity contribution < 1.29 is 14.3 Å². The fourth-order valence-corrected chi connectivity index (χ4v) is 2.44. The van der Waals surface area contributed by atoms with E-state index in [9.17, 15) is 9.59 Å². The van der Waals surface area contributed by atoms with E-state index in [1.54, 1.807) is 4.90 Å². The van der Waals surface area contributed by atoms with Crippen LogP contribution in [0.5, 0.6) is 0 Å². The summed E-state index contributed by atoms with van der Waals surface area (Å²) in [6, 6.07) is -0.0926. The standard InChI is InChI=1S/C14H26N2O3/c1-5-6-7-11-14(18)16(9-8-12(17)19-4)13(15-11)10(2)3/h10-11,13,15H,5-9H2,1-4H3. The molecule has 0 aromatic heterocycles. The molecular weight excluding hydrogens is 244 g/mol. The van der Waals surface area contributed by atoms with Crippen molar-refractivity contribution in [1.29, 1.82) is 0 Å². The Kier molecular flexibility index (Phi) is 6.28. The van der Waals surface area contributed by atoms with Crippen molar-refractivity contribution in [2.24, 2.45) is 5.92 Å². The minimum atomic E-state index is -0.271. The molecule has 19 heavy (non-hydrogen) atoms. The van der Waals surface area contributed by atoms with E-state index in [4.69, 9.17) is 0 Å². The summed E-state index contributed by atoms with van der Waals surface area (Å²) in [6.45, 7) is 6.72. The molecule has 1 N–H and O–H groups in total. The van der Waals surface area contributed by atoms with Crippen LogP contribution in [0.4, 0.5) is 0 Å². The van der Waals surface area contributed by atoms with Crippen LogP contribution in [0.15, 0.2) is 0 Å². The van der Waals surface area contributed by atoms with Gasteiger partial charge in [-0.25, -0.2) is 0 Å². The van der Waals surface area contributed by atoms with Crippen molar-refractivity contribution in [3.63, 3.8) is 0 Å². The van der Waals surface area contributed by atoms with Gasteiger partial charge in [-0.15, -0.1) is 0 Å². The average Bonchev–Trinajstić information content (AvgIpc) is 2.70. The molecule has 1 amide bonds. The van der Waals surface area contributed by atoms with E-state index >= 15 is 0 Å². The quantitative estimate of drug-likeness (QED) is 0.713. The Morgan fingerprint density at radius 3 is 2.68 bits per heavy atom. The number of hydrogen-bond donors (Lipinski definition) is 1. The third-order valence-electron chi connectivity index (χ3n) is 3.55. The Labute approximate surface area is 115 Å². The summed E-state index contributed by atoms with van der Waals surface area (Å²) in [6.07, 6.45) is 3.28. The van der Waals surface area contributed by atoms with Crippen molar-refractivity contribution in [1.82, 2.24) is 10.2 Å². The number of carbonyl (C=O) groups is 2. The first kappa shape index (κ1) is 16.0.